The maximum absolute atomic E-state index is 11.8. The molecule has 1 fully saturated rings. The number of rotatable bonds is 5. The maximum atomic E-state index is 11.8. The Hall–Kier alpha value is -1.89. The first-order chi connectivity index (χ1) is 9.43. The first-order valence-corrected chi connectivity index (χ1v) is 6.65. The van der Waals surface area contributed by atoms with Crippen molar-refractivity contribution in [1.82, 2.24) is 15.1 Å². The average molecular weight is 283 g/mol. The monoisotopic (exact) mass is 283 g/mol. The number of aliphatic carboxylic acids is 1. The Labute approximate surface area is 118 Å². The van der Waals surface area contributed by atoms with Gasteiger partial charge in [0.05, 0.1) is 0 Å². The molecule has 1 saturated heterocycles. The van der Waals surface area contributed by atoms with Crippen LogP contribution in [-0.2, 0) is 9.59 Å². The molecule has 0 spiro atoms. The molecule has 1 aliphatic rings. The summed E-state index contributed by atoms with van der Waals surface area (Å²) in [5.41, 5.74) is 0. The highest BCUT2D eigenvalue weighted by Crippen LogP contribution is 2.17. The fourth-order valence-electron chi connectivity index (χ4n) is 2.31. The van der Waals surface area contributed by atoms with Gasteiger partial charge in [-0.05, 0) is 25.9 Å². The van der Waals surface area contributed by atoms with Crippen LogP contribution < -0.4 is 5.32 Å². The summed E-state index contributed by atoms with van der Waals surface area (Å²) in [6.45, 7) is 4.62. The van der Waals surface area contributed by atoms with Crippen LogP contribution in [0.2, 0.25) is 0 Å². The summed E-state index contributed by atoms with van der Waals surface area (Å²) in [5, 5.41) is 10.5. The molecule has 2 N–H and O–H groups in total. The van der Waals surface area contributed by atoms with E-state index in [1.54, 1.807) is 7.05 Å². The SMILES string of the molecule is CCN1CCCC1CN(C)C(=O)NC(=O)C=CC(=O)O. The first kappa shape index (κ1) is 16.2. The number of hydrogen-bond acceptors (Lipinski definition) is 4. The molecule has 20 heavy (non-hydrogen) atoms. The molecule has 0 saturated carbocycles. The number of carbonyl (C=O) groups excluding carboxylic acids is 2. The Morgan fingerprint density at radius 3 is 2.70 bits per heavy atom. The number of amides is 3. The number of nitrogens with one attached hydrogen (secondary N) is 1. The van der Waals surface area contributed by atoms with E-state index in [0.717, 1.165) is 32.0 Å². The van der Waals surface area contributed by atoms with Crippen molar-refractivity contribution in [2.24, 2.45) is 0 Å². The van der Waals surface area contributed by atoms with Crippen molar-refractivity contribution in [3.8, 4) is 0 Å². The predicted molar refractivity (Wildman–Crippen MR) is 73.2 cm³/mol. The largest absolute Gasteiger partial charge is 0.478 e. The van der Waals surface area contributed by atoms with E-state index in [4.69, 9.17) is 5.11 Å². The zero-order valence-corrected chi connectivity index (χ0v) is 11.8. The lowest BCUT2D eigenvalue weighted by molar-refractivity contribution is -0.131. The first-order valence-electron chi connectivity index (χ1n) is 6.65. The molecule has 7 heteroatoms. The van der Waals surface area contributed by atoms with Gasteiger partial charge in [-0.2, -0.15) is 0 Å². The molecule has 112 valence electrons. The minimum absolute atomic E-state index is 0.320. The van der Waals surface area contributed by atoms with Crippen LogP contribution in [0.3, 0.4) is 0 Å². The second-order valence-electron chi connectivity index (χ2n) is 4.77. The van der Waals surface area contributed by atoms with E-state index in [9.17, 15) is 14.4 Å². The van der Waals surface area contributed by atoms with E-state index in [0.29, 0.717) is 18.7 Å². The normalized spacial score (nSPS) is 19.2. The number of carboxylic acids is 1. The third-order valence-electron chi connectivity index (χ3n) is 3.34. The summed E-state index contributed by atoms with van der Waals surface area (Å²) in [6, 6.07) is -0.201. The van der Waals surface area contributed by atoms with Gasteiger partial charge in [-0.1, -0.05) is 6.92 Å². The smallest absolute Gasteiger partial charge is 0.328 e. The Kier molecular flexibility index (Phi) is 6.17. The van der Waals surface area contributed by atoms with E-state index < -0.39 is 17.9 Å². The molecule has 0 aromatic heterocycles. The number of carbonyl (C=O) groups is 3. The molecule has 0 aliphatic carbocycles. The summed E-state index contributed by atoms with van der Waals surface area (Å²) < 4.78 is 0. The van der Waals surface area contributed by atoms with Crippen molar-refractivity contribution in [2.45, 2.75) is 25.8 Å². The summed E-state index contributed by atoms with van der Waals surface area (Å²) in [5.74, 6) is -1.96. The fourth-order valence-corrected chi connectivity index (χ4v) is 2.31. The van der Waals surface area contributed by atoms with Crippen LogP contribution in [0.4, 0.5) is 4.79 Å². The fraction of sp³-hybridized carbons (Fsp3) is 0.615. The highest BCUT2D eigenvalue weighted by atomic mass is 16.4. The van der Waals surface area contributed by atoms with Crippen molar-refractivity contribution in [1.29, 1.82) is 0 Å². The summed E-state index contributed by atoms with van der Waals surface area (Å²) in [4.78, 5) is 37.1. The van der Waals surface area contributed by atoms with Gasteiger partial charge in [-0.15, -0.1) is 0 Å². The van der Waals surface area contributed by atoms with Gasteiger partial charge in [0, 0.05) is 31.8 Å². The minimum Gasteiger partial charge on any atom is -0.478 e. The van der Waals surface area contributed by atoms with E-state index in [2.05, 4.69) is 17.1 Å². The highest BCUT2D eigenvalue weighted by Gasteiger charge is 2.25. The summed E-state index contributed by atoms with van der Waals surface area (Å²) in [6.07, 6.45) is 3.67. The molecule has 1 atom stereocenters. The van der Waals surface area contributed by atoms with Crippen molar-refractivity contribution in [3.05, 3.63) is 12.2 Å². The van der Waals surface area contributed by atoms with Gasteiger partial charge in [0.25, 0.3) is 5.91 Å². The van der Waals surface area contributed by atoms with Crippen LogP contribution in [0, 0.1) is 0 Å². The topological polar surface area (TPSA) is 90.0 Å². The second-order valence-corrected chi connectivity index (χ2v) is 4.77. The van der Waals surface area contributed by atoms with Crippen molar-refractivity contribution < 1.29 is 19.5 Å². The predicted octanol–water partition coefficient (Wildman–Crippen LogP) is 0.280. The van der Waals surface area contributed by atoms with Crippen LogP contribution >= 0.6 is 0 Å². The third-order valence-corrected chi connectivity index (χ3v) is 3.34. The zero-order chi connectivity index (χ0) is 15.1. The number of carboxylic acid groups (broad SMARTS) is 1. The summed E-state index contributed by atoms with van der Waals surface area (Å²) >= 11 is 0. The molecule has 1 unspecified atom stereocenters. The Balaban J connectivity index is 2.43. The number of nitrogens with zero attached hydrogens (tertiary/aromatic N) is 2. The van der Waals surface area contributed by atoms with E-state index >= 15 is 0 Å². The van der Waals surface area contributed by atoms with Gasteiger partial charge < -0.3 is 10.0 Å². The Morgan fingerprint density at radius 2 is 2.10 bits per heavy atom. The highest BCUT2D eigenvalue weighted by molar-refractivity contribution is 6.02. The van der Waals surface area contributed by atoms with Gasteiger partial charge >= 0.3 is 12.0 Å². The van der Waals surface area contributed by atoms with Gasteiger partial charge in [-0.25, -0.2) is 9.59 Å². The minimum atomic E-state index is -1.23. The molecule has 7 nitrogen and oxygen atoms in total. The van der Waals surface area contributed by atoms with Crippen molar-refractivity contribution >= 4 is 17.9 Å². The lowest BCUT2D eigenvalue weighted by Crippen LogP contribution is -2.46. The van der Waals surface area contributed by atoms with Gasteiger partial charge in [0.1, 0.15) is 0 Å². The number of likely N-dealkylation sites (N-methyl/N-ethyl adjacent to an activating group) is 2. The van der Waals surface area contributed by atoms with Gasteiger partial charge in [-0.3, -0.25) is 15.0 Å². The average Bonchev–Trinajstić information content (AvgIpc) is 2.83. The van der Waals surface area contributed by atoms with Crippen molar-refractivity contribution in [3.63, 3.8) is 0 Å². The molecule has 0 aromatic carbocycles. The summed E-state index contributed by atoms with van der Waals surface area (Å²) in [7, 11) is 1.62. The van der Waals surface area contributed by atoms with Crippen LogP contribution in [0.5, 0.6) is 0 Å². The molecule has 0 radical (unpaired) electrons. The van der Waals surface area contributed by atoms with Crippen LogP contribution in [-0.4, -0.2) is 65.5 Å². The lowest BCUT2D eigenvalue weighted by Gasteiger charge is -2.27. The Morgan fingerprint density at radius 1 is 1.40 bits per heavy atom. The quantitative estimate of drug-likeness (QED) is 0.707. The maximum Gasteiger partial charge on any atom is 0.328 e. The van der Waals surface area contributed by atoms with Crippen LogP contribution in [0.1, 0.15) is 19.8 Å². The number of likely N-dealkylation sites (tertiary alicyclic amines) is 1. The van der Waals surface area contributed by atoms with E-state index in [-0.39, 0.29) is 0 Å². The molecule has 1 rings (SSSR count). The van der Waals surface area contributed by atoms with Crippen molar-refractivity contribution in [2.75, 3.05) is 26.7 Å². The lowest BCUT2D eigenvalue weighted by atomic mass is 10.2. The number of imide groups is 1. The standard InChI is InChI=1S/C13H21N3O4/c1-3-16-8-4-5-10(16)9-15(2)13(20)14-11(17)6-7-12(18)19/h6-7,10H,3-5,8-9H2,1-2H3,(H,18,19)(H,14,17,20). The molecule has 3 amide bonds. The zero-order valence-electron chi connectivity index (χ0n) is 11.8. The van der Waals surface area contributed by atoms with Gasteiger partial charge in [0.15, 0.2) is 0 Å². The third kappa shape index (κ3) is 5.00. The number of hydrogen-bond donors (Lipinski definition) is 2. The van der Waals surface area contributed by atoms with Gasteiger partial charge in [0.2, 0.25) is 0 Å². The molecule has 1 heterocycles. The molecule has 0 bridgehead atoms. The molecular formula is C13H21N3O4. The number of urea groups is 1. The molecular weight excluding hydrogens is 262 g/mol. The van der Waals surface area contributed by atoms with E-state index in [1.165, 1.54) is 4.90 Å². The van der Waals surface area contributed by atoms with Crippen LogP contribution in [0.25, 0.3) is 0 Å². The molecule has 1 aliphatic heterocycles. The molecule has 0 aromatic rings. The van der Waals surface area contributed by atoms with Crippen LogP contribution in [0.15, 0.2) is 12.2 Å². The van der Waals surface area contributed by atoms with E-state index in [1.807, 2.05) is 0 Å². The Bertz CT molecular complexity index is 408. The second kappa shape index (κ2) is 7.64.